The van der Waals surface area contributed by atoms with Crippen LogP contribution < -0.4 is 4.90 Å². The van der Waals surface area contributed by atoms with Crippen molar-refractivity contribution in [2.24, 2.45) is 16.1 Å². The molecular formula is C23H31N5OS. The quantitative estimate of drug-likeness (QED) is 0.637. The van der Waals surface area contributed by atoms with Gasteiger partial charge < -0.3 is 9.64 Å². The summed E-state index contributed by atoms with van der Waals surface area (Å²) in [5.41, 5.74) is 1.30. The molecular weight excluding hydrogens is 394 g/mol. The van der Waals surface area contributed by atoms with E-state index in [0.717, 1.165) is 64.5 Å². The van der Waals surface area contributed by atoms with Gasteiger partial charge in [-0.25, -0.2) is 0 Å². The van der Waals surface area contributed by atoms with Crippen molar-refractivity contribution in [2.75, 3.05) is 44.2 Å². The van der Waals surface area contributed by atoms with Gasteiger partial charge in [0, 0.05) is 49.6 Å². The third kappa shape index (κ3) is 4.52. The highest BCUT2D eigenvalue weighted by atomic mass is 32.1. The van der Waals surface area contributed by atoms with Crippen molar-refractivity contribution in [3.63, 3.8) is 0 Å². The van der Waals surface area contributed by atoms with Crippen LogP contribution in [0.3, 0.4) is 0 Å². The third-order valence-corrected chi connectivity index (χ3v) is 7.40. The summed E-state index contributed by atoms with van der Waals surface area (Å²) in [6.07, 6.45) is 8.20. The predicted octanol–water partition coefficient (Wildman–Crippen LogP) is 4.56. The zero-order valence-electron chi connectivity index (χ0n) is 17.6. The zero-order chi connectivity index (χ0) is 20.2. The molecule has 2 fully saturated rings. The molecule has 1 unspecified atom stereocenters. The molecule has 3 aliphatic rings. The normalized spacial score (nSPS) is 22.5. The summed E-state index contributed by atoms with van der Waals surface area (Å²) in [5, 5.41) is 10.0. The fraction of sp³-hybridized carbons (Fsp3) is 0.609. The Bertz CT molecular complexity index is 915. The van der Waals surface area contributed by atoms with Crippen molar-refractivity contribution in [3.05, 3.63) is 24.3 Å². The Hall–Kier alpha value is -1.99. The lowest BCUT2D eigenvalue weighted by molar-refractivity contribution is 0.232. The molecule has 1 saturated carbocycles. The molecule has 1 saturated heterocycles. The number of aromatic nitrogens is 1. The largest absolute Gasteiger partial charge is 0.480 e. The second-order valence-corrected chi connectivity index (χ2v) is 9.42. The highest BCUT2D eigenvalue weighted by Gasteiger charge is 2.26. The summed E-state index contributed by atoms with van der Waals surface area (Å²) in [7, 11) is 0. The van der Waals surface area contributed by atoms with Crippen LogP contribution in [-0.2, 0) is 4.74 Å². The van der Waals surface area contributed by atoms with E-state index in [-0.39, 0.29) is 0 Å². The number of benzene rings is 1. The van der Waals surface area contributed by atoms with E-state index in [1.54, 1.807) is 11.5 Å². The van der Waals surface area contributed by atoms with Crippen LogP contribution in [0.15, 0.2) is 34.5 Å². The van der Waals surface area contributed by atoms with Crippen LogP contribution in [0.5, 0.6) is 0 Å². The van der Waals surface area contributed by atoms with Gasteiger partial charge in [-0.1, -0.05) is 18.6 Å². The van der Waals surface area contributed by atoms with Gasteiger partial charge in [-0.3, -0.25) is 4.90 Å². The number of fused-ring (bicyclic) bond motifs is 2. The van der Waals surface area contributed by atoms with Gasteiger partial charge in [0.25, 0.3) is 0 Å². The van der Waals surface area contributed by atoms with Crippen LogP contribution in [0, 0.1) is 5.92 Å². The minimum absolute atomic E-state index is 0.595. The van der Waals surface area contributed by atoms with E-state index < -0.39 is 0 Å². The van der Waals surface area contributed by atoms with Crippen molar-refractivity contribution in [1.29, 1.82) is 0 Å². The van der Waals surface area contributed by atoms with Gasteiger partial charge >= 0.3 is 0 Å². The van der Waals surface area contributed by atoms with E-state index in [1.807, 2.05) is 0 Å². The van der Waals surface area contributed by atoms with E-state index in [1.165, 1.54) is 47.3 Å². The van der Waals surface area contributed by atoms with Crippen LogP contribution >= 0.6 is 11.5 Å². The fourth-order valence-electron chi connectivity index (χ4n) is 4.79. The molecule has 0 bridgehead atoms. The number of hydrogen-bond donors (Lipinski definition) is 0. The van der Waals surface area contributed by atoms with Gasteiger partial charge in [0.2, 0.25) is 5.90 Å². The summed E-state index contributed by atoms with van der Waals surface area (Å²) in [6.45, 7) is 6.25. The number of nitrogens with zero attached hydrogens (tertiary/aromatic N) is 5. The molecule has 2 aromatic rings. The first-order valence-electron chi connectivity index (χ1n) is 11.4. The van der Waals surface area contributed by atoms with Gasteiger partial charge in [0.1, 0.15) is 5.82 Å². The lowest BCUT2D eigenvalue weighted by atomic mass is 9.84. The topological polar surface area (TPSA) is 53.3 Å². The number of hydrogen-bond acceptors (Lipinski definition) is 7. The summed E-state index contributed by atoms with van der Waals surface area (Å²) in [4.78, 5) is 5.02. The molecule has 0 amide bonds. The van der Waals surface area contributed by atoms with Gasteiger partial charge in [-0.15, -0.1) is 5.10 Å². The SMILES string of the molecule is c1ccc2c(N3CCN(CCCCOC4=NN=C5CCCCC5C4)CC3)nsc2c1. The monoisotopic (exact) mass is 425 g/mol. The second kappa shape index (κ2) is 9.43. The van der Waals surface area contributed by atoms with Gasteiger partial charge in [0.15, 0.2) is 0 Å². The molecule has 1 atom stereocenters. The molecule has 1 aliphatic carbocycles. The lowest BCUT2D eigenvalue weighted by Gasteiger charge is -2.35. The first-order chi connectivity index (χ1) is 14.9. The molecule has 5 rings (SSSR count). The van der Waals surface area contributed by atoms with Crippen LogP contribution in [0.4, 0.5) is 5.82 Å². The molecule has 6 nitrogen and oxygen atoms in total. The van der Waals surface area contributed by atoms with Gasteiger partial charge in [-0.05, 0) is 62.3 Å². The van der Waals surface area contributed by atoms with Crippen LogP contribution in [-0.4, -0.2) is 60.2 Å². The molecule has 30 heavy (non-hydrogen) atoms. The van der Waals surface area contributed by atoms with Gasteiger partial charge in [-0.2, -0.15) is 9.47 Å². The van der Waals surface area contributed by atoms with Crippen molar-refractivity contribution < 1.29 is 4.74 Å². The van der Waals surface area contributed by atoms with Gasteiger partial charge in [0.05, 0.1) is 11.3 Å². The Morgan fingerprint density at radius 1 is 1.03 bits per heavy atom. The van der Waals surface area contributed by atoms with Crippen molar-refractivity contribution >= 4 is 39.0 Å². The standard InChI is InChI=1S/C23H31N5OS/c1-3-9-20-18(7-1)17-22(25-24-20)29-16-6-5-11-27-12-14-28(15-13-27)23-19-8-2-4-10-21(19)30-26-23/h2,4,8,10,18H,1,3,5-7,9,11-17H2. The summed E-state index contributed by atoms with van der Waals surface area (Å²) < 4.78 is 11.9. The fourth-order valence-corrected chi connectivity index (χ4v) is 5.59. The molecule has 7 heteroatoms. The Morgan fingerprint density at radius 2 is 1.93 bits per heavy atom. The van der Waals surface area contributed by atoms with E-state index in [9.17, 15) is 0 Å². The van der Waals surface area contributed by atoms with Crippen LogP contribution in [0.1, 0.15) is 44.9 Å². The molecule has 1 aromatic carbocycles. The van der Waals surface area contributed by atoms with Crippen molar-refractivity contribution in [2.45, 2.75) is 44.9 Å². The minimum atomic E-state index is 0.595. The van der Waals surface area contributed by atoms with Crippen molar-refractivity contribution in [3.8, 4) is 0 Å². The maximum absolute atomic E-state index is 5.94. The number of anilines is 1. The average molecular weight is 426 g/mol. The molecule has 160 valence electrons. The van der Waals surface area contributed by atoms with E-state index in [4.69, 9.17) is 9.11 Å². The minimum Gasteiger partial charge on any atom is -0.480 e. The van der Waals surface area contributed by atoms with E-state index >= 15 is 0 Å². The van der Waals surface area contributed by atoms with Crippen LogP contribution in [0.2, 0.25) is 0 Å². The second-order valence-electron chi connectivity index (χ2n) is 8.62. The number of rotatable bonds is 6. The maximum atomic E-state index is 5.94. The smallest absolute Gasteiger partial charge is 0.209 e. The number of piperazine rings is 1. The number of ether oxygens (including phenoxy) is 1. The number of unbranched alkanes of at least 4 members (excludes halogenated alkanes) is 1. The summed E-state index contributed by atoms with van der Waals surface area (Å²) >= 11 is 1.61. The van der Waals surface area contributed by atoms with Crippen molar-refractivity contribution in [1.82, 2.24) is 9.27 Å². The molecule has 2 aliphatic heterocycles. The molecule has 0 spiro atoms. The Kier molecular flexibility index (Phi) is 6.27. The summed E-state index contributed by atoms with van der Waals surface area (Å²) in [5.74, 6) is 2.62. The molecule has 0 N–H and O–H groups in total. The first-order valence-corrected chi connectivity index (χ1v) is 12.2. The molecule has 3 heterocycles. The van der Waals surface area contributed by atoms with E-state index in [2.05, 4.69) is 44.3 Å². The Morgan fingerprint density at radius 3 is 2.87 bits per heavy atom. The molecule has 1 aromatic heterocycles. The average Bonchev–Trinajstić information content (AvgIpc) is 3.23. The maximum Gasteiger partial charge on any atom is 0.209 e. The first kappa shape index (κ1) is 19.9. The summed E-state index contributed by atoms with van der Waals surface area (Å²) in [6, 6.07) is 8.55. The highest BCUT2D eigenvalue weighted by molar-refractivity contribution is 7.13. The zero-order valence-corrected chi connectivity index (χ0v) is 18.4. The Balaban J connectivity index is 1.01. The van der Waals surface area contributed by atoms with Crippen LogP contribution in [0.25, 0.3) is 10.1 Å². The predicted molar refractivity (Wildman–Crippen MR) is 125 cm³/mol. The van der Waals surface area contributed by atoms with E-state index in [0.29, 0.717) is 5.92 Å². The third-order valence-electron chi connectivity index (χ3n) is 6.59. The lowest BCUT2D eigenvalue weighted by Crippen LogP contribution is -2.46. The highest BCUT2D eigenvalue weighted by Crippen LogP contribution is 2.30. The molecule has 0 radical (unpaired) electrons. The Labute approximate surface area is 182 Å².